The Morgan fingerprint density at radius 3 is 1.88 bits per heavy atom. The number of hydrogen-bond acceptors (Lipinski definition) is 2. The van der Waals surface area contributed by atoms with Crippen LogP contribution in [0.2, 0.25) is 0 Å². The fourth-order valence-electron chi connectivity index (χ4n) is 0.186. The van der Waals surface area contributed by atoms with Crippen LogP contribution in [0.5, 0.6) is 0 Å². The third kappa shape index (κ3) is 18.4. The summed E-state index contributed by atoms with van der Waals surface area (Å²) in [6.45, 7) is 5.77. The fraction of sp³-hybridized carbons (Fsp3) is 0.667. The van der Waals surface area contributed by atoms with E-state index in [4.69, 9.17) is 5.73 Å². The van der Waals surface area contributed by atoms with Crippen molar-refractivity contribution in [2.24, 2.45) is 5.73 Å². The Bertz CT molecular complexity index is 55.5. The Kier molecular flexibility index (Phi) is 12.4. The van der Waals surface area contributed by atoms with Crippen molar-refractivity contribution < 1.29 is 4.74 Å². The Morgan fingerprint density at radius 2 is 1.88 bits per heavy atom. The molecular formula is C6H15NO. The molecule has 0 unspecified atom stereocenters. The molecule has 0 radical (unpaired) electrons. The molecule has 8 heavy (non-hydrogen) atoms. The van der Waals surface area contributed by atoms with Crippen molar-refractivity contribution in [3.8, 4) is 0 Å². The van der Waals surface area contributed by atoms with Crippen LogP contribution in [0.4, 0.5) is 0 Å². The molecule has 0 aliphatic carbocycles. The van der Waals surface area contributed by atoms with Gasteiger partial charge in [-0.15, -0.1) is 0 Å². The van der Waals surface area contributed by atoms with Crippen LogP contribution in [0.3, 0.4) is 0 Å². The molecule has 0 saturated carbocycles. The van der Waals surface area contributed by atoms with Crippen molar-refractivity contribution in [2.45, 2.75) is 20.8 Å². The van der Waals surface area contributed by atoms with Gasteiger partial charge in [0.2, 0.25) is 0 Å². The lowest BCUT2D eigenvalue weighted by Crippen LogP contribution is -1.89. The minimum atomic E-state index is 0.692. The second-order valence-electron chi connectivity index (χ2n) is 1.10. The predicted molar refractivity (Wildman–Crippen MR) is 36.3 cm³/mol. The molecule has 0 aromatic carbocycles. The maximum atomic E-state index is 5.14. The number of ether oxygens (including phenoxy) is 1. The van der Waals surface area contributed by atoms with Crippen LogP contribution in [0.1, 0.15) is 20.8 Å². The van der Waals surface area contributed by atoms with Crippen LogP contribution >= 0.6 is 0 Å². The van der Waals surface area contributed by atoms with Gasteiger partial charge < -0.3 is 10.5 Å². The molecule has 50 valence electrons. The van der Waals surface area contributed by atoms with E-state index in [1.165, 1.54) is 6.26 Å². The maximum absolute atomic E-state index is 5.14. The smallest absolute Gasteiger partial charge is 0.101 e. The first-order valence-corrected chi connectivity index (χ1v) is 2.72. The van der Waals surface area contributed by atoms with Crippen LogP contribution in [0, 0.1) is 0 Å². The van der Waals surface area contributed by atoms with Crippen molar-refractivity contribution in [2.75, 3.05) is 7.11 Å². The van der Waals surface area contributed by atoms with Gasteiger partial charge in [0.25, 0.3) is 0 Å². The van der Waals surface area contributed by atoms with E-state index in [0.717, 1.165) is 0 Å². The second-order valence-corrected chi connectivity index (χ2v) is 1.10. The third-order valence-electron chi connectivity index (χ3n) is 0.304. The zero-order valence-corrected chi connectivity index (χ0v) is 6.06. The molecule has 0 spiro atoms. The molecule has 0 heterocycles. The number of nitrogens with two attached hydrogens (primary N) is 1. The van der Waals surface area contributed by atoms with Gasteiger partial charge >= 0.3 is 0 Å². The molecule has 0 bridgehead atoms. The van der Waals surface area contributed by atoms with Crippen molar-refractivity contribution in [1.29, 1.82) is 0 Å². The summed E-state index contributed by atoms with van der Waals surface area (Å²) in [7, 11) is 1.57. The summed E-state index contributed by atoms with van der Waals surface area (Å²) >= 11 is 0. The normalized spacial score (nSPS) is 9.25. The third-order valence-corrected chi connectivity index (χ3v) is 0.304. The van der Waals surface area contributed by atoms with Crippen LogP contribution in [0.15, 0.2) is 12.0 Å². The van der Waals surface area contributed by atoms with E-state index < -0.39 is 0 Å². The standard InChI is InChI=1S/C4H9NO.C2H6/c1-4(5)3-6-2;1-2/h3H,5H2,1-2H3;1-2H3/b4-3-;. The minimum Gasteiger partial charge on any atom is -0.503 e. The van der Waals surface area contributed by atoms with E-state index in [0.29, 0.717) is 5.70 Å². The summed E-state index contributed by atoms with van der Waals surface area (Å²) in [5.74, 6) is 0. The quantitative estimate of drug-likeness (QED) is 0.528. The molecular weight excluding hydrogens is 102 g/mol. The molecule has 0 amide bonds. The Morgan fingerprint density at radius 1 is 1.50 bits per heavy atom. The topological polar surface area (TPSA) is 35.2 Å². The van der Waals surface area contributed by atoms with E-state index in [9.17, 15) is 0 Å². The summed E-state index contributed by atoms with van der Waals surface area (Å²) < 4.78 is 4.52. The molecule has 0 rings (SSSR count). The fourth-order valence-corrected chi connectivity index (χ4v) is 0.186. The number of rotatable bonds is 1. The molecule has 0 fully saturated rings. The summed E-state index contributed by atoms with van der Waals surface area (Å²) in [6.07, 6.45) is 1.49. The predicted octanol–water partition coefficient (Wildman–Crippen LogP) is 1.48. The van der Waals surface area contributed by atoms with Gasteiger partial charge in [0.15, 0.2) is 0 Å². The first-order chi connectivity index (χ1) is 3.77. The van der Waals surface area contributed by atoms with Crippen molar-refractivity contribution >= 4 is 0 Å². The molecule has 0 aromatic heterocycles. The van der Waals surface area contributed by atoms with Crippen LogP contribution in [0.25, 0.3) is 0 Å². The summed E-state index contributed by atoms with van der Waals surface area (Å²) in [4.78, 5) is 0. The van der Waals surface area contributed by atoms with Crippen molar-refractivity contribution in [3.05, 3.63) is 12.0 Å². The zero-order chi connectivity index (χ0) is 6.99. The largest absolute Gasteiger partial charge is 0.503 e. The highest BCUT2D eigenvalue weighted by molar-refractivity contribution is 4.83. The van der Waals surface area contributed by atoms with Gasteiger partial charge in [-0.25, -0.2) is 0 Å². The van der Waals surface area contributed by atoms with Gasteiger partial charge in [-0.2, -0.15) is 0 Å². The average Bonchev–Trinajstić information content (AvgIpc) is 1.72. The van der Waals surface area contributed by atoms with Gasteiger partial charge in [-0.1, -0.05) is 13.8 Å². The molecule has 2 heteroatoms. The molecule has 0 aromatic rings. The lowest BCUT2D eigenvalue weighted by Gasteiger charge is -1.85. The van der Waals surface area contributed by atoms with Gasteiger partial charge in [0.1, 0.15) is 6.26 Å². The molecule has 0 saturated heterocycles. The molecule has 0 aliphatic rings. The highest BCUT2D eigenvalue weighted by atomic mass is 16.5. The van der Waals surface area contributed by atoms with E-state index in [1.54, 1.807) is 14.0 Å². The minimum absolute atomic E-state index is 0.692. The number of hydrogen-bond donors (Lipinski definition) is 1. The highest BCUT2D eigenvalue weighted by Gasteiger charge is 1.67. The SMILES string of the molecule is CC.CO/C=C(/C)N. The van der Waals surface area contributed by atoms with Gasteiger partial charge in [0.05, 0.1) is 7.11 Å². The number of allylic oxidation sites excluding steroid dienone is 1. The van der Waals surface area contributed by atoms with Gasteiger partial charge in [-0.3, -0.25) is 0 Å². The van der Waals surface area contributed by atoms with Crippen molar-refractivity contribution in [1.82, 2.24) is 0 Å². The molecule has 2 N–H and O–H groups in total. The molecule has 0 aliphatic heterocycles. The maximum Gasteiger partial charge on any atom is 0.101 e. The average molecular weight is 117 g/mol. The van der Waals surface area contributed by atoms with E-state index in [2.05, 4.69) is 4.74 Å². The Hall–Kier alpha value is -0.660. The summed E-state index contributed by atoms with van der Waals surface area (Å²) in [5, 5.41) is 0. The highest BCUT2D eigenvalue weighted by Crippen LogP contribution is 1.75. The lowest BCUT2D eigenvalue weighted by molar-refractivity contribution is 0.333. The molecule has 0 atom stereocenters. The van der Waals surface area contributed by atoms with E-state index in [1.807, 2.05) is 13.8 Å². The van der Waals surface area contributed by atoms with Crippen LogP contribution in [-0.4, -0.2) is 7.11 Å². The molecule has 2 nitrogen and oxygen atoms in total. The van der Waals surface area contributed by atoms with Gasteiger partial charge in [0, 0.05) is 5.70 Å². The monoisotopic (exact) mass is 117 g/mol. The Labute approximate surface area is 51.3 Å². The first kappa shape index (κ1) is 10.3. The zero-order valence-electron chi connectivity index (χ0n) is 6.06. The number of methoxy groups -OCH3 is 1. The summed E-state index contributed by atoms with van der Waals surface area (Å²) in [6, 6.07) is 0. The Balaban J connectivity index is 0. The van der Waals surface area contributed by atoms with E-state index >= 15 is 0 Å². The van der Waals surface area contributed by atoms with E-state index in [-0.39, 0.29) is 0 Å². The van der Waals surface area contributed by atoms with Crippen molar-refractivity contribution in [3.63, 3.8) is 0 Å². The van der Waals surface area contributed by atoms with Crippen LogP contribution < -0.4 is 5.73 Å². The van der Waals surface area contributed by atoms with Crippen LogP contribution in [-0.2, 0) is 4.74 Å². The lowest BCUT2D eigenvalue weighted by atomic mass is 10.6. The van der Waals surface area contributed by atoms with Gasteiger partial charge in [-0.05, 0) is 6.92 Å². The second kappa shape index (κ2) is 9.60. The first-order valence-electron chi connectivity index (χ1n) is 2.72. The summed E-state index contributed by atoms with van der Waals surface area (Å²) in [5.41, 5.74) is 5.83.